The molecule has 1 aliphatic heterocycles. The van der Waals surface area contributed by atoms with Gasteiger partial charge < -0.3 is 4.84 Å². The highest BCUT2D eigenvalue weighted by atomic mass is 32.2. The summed E-state index contributed by atoms with van der Waals surface area (Å²) in [5, 5.41) is 3.88. The molecule has 1 unspecified atom stereocenters. The fraction of sp³-hybridized carbons (Fsp3) is 0.350. The van der Waals surface area contributed by atoms with E-state index in [0.29, 0.717) is 17.8 Å². The molecule has 0 saturated heterocycles. The van der Waals surface area contributed by atoms with E-state index in [1.807, 2.05) is 0 Å². The van der Waals surface area contributed by atoms with Gasteiger partial charge in [0, 0.05) is 11.5 Å². The number of hydrogen-bond acceptors (Lipinski definition) is 4. The highest BCUT2D eigenvalue weighted by Gasteiger charge is 2.53. The maximum absolute atomic E-state index is 14.8. The third-order valence-corrected chi connectivity index (χ3v) is 8.23. The predicted octanol–water partition coefficient (Wildman–Crippen LogP) is 4.84. The summed E-state index contributed by atoms with van der Waals surface area (Å²) in [4.78, 5) is 4.66. The Morgan fingerprint density at radius 1 is 1.07 bits per heavy atom. The zero-order valence-corrected chi connectivity index (χ0v) is 16.2. The standard InChI is InChI=1S/C20H16F5NO3S/c21-14-3-6-17(22)16(9-14)19(8-7-18-12(10-19)11-29-26-18)30(27,28)15-4-1-13(2-5-15)20(23,24)25/h1-6,9,12H,7-8,10-11H2/t12?,19-/m0/s1. The van der Waals surface area contributed by atoms with Crippen molar-refractivity contribution in [3.8, 4) is 0 Å². The molecule has 0 bridgehead atoms. The van der Waals surface area contributed by atoms with Crippen molar-refractivity contribution in [2.24, 2.45) is 11.1 Å². The largest absolute Gasteiger partial charge is 0.416 e. The Bertz CT molecular complexity index is 1110. The molecule has 0 amide bonds. The van der Waals surface area contributed by atoms with Crippen LogP contribution in [0.3, 0.4) is 0 Å². The molecule has 0 radical (unpaired) electrons. The molecule has 0 spiro atoms. The third kappa shape index (κ3) is 3.27. The molecule has 10 heteroatoms. The summed E-state index contributed by atoms with van der Waals surface area (Å²) in [5.74, 6) is -2.12. The molecule has 2 atom stereocenters. The zero-order valence-electron chi connectivity index (χ0n) is 15.4. The van der Waals surface area contributed by atoms with Crippen LogP contribution in [-0.4, -0.2) is 20.7 Å². The number of sulfone groups is 1. The van der Waals surface area contributed by atoms with Gasteiger partial charge in [-0.2, -0.15) is 13.2 Å². The minimum absolute atomic E-state index is 0.102. The second-order valence-corrected chi connectivity index (χ2v) is 9.68. The quantitative estimate of drug-likeness (QED) is 0.636. The minimum Gasteiger partial charge on any atom is -0.395 e. The van der Waals surface area contributed by atoms with E-state index >= 15 is 0 Å². The Labute approximate surface area is 169 Å². The first-order valence-electron chi connectivity index (χ1n) is 9.11. The van der Waals surface area contributed by atoms with Gasteiger partial charge in [0.1, 0.15) is 23.0 Å². The van der Waals surface area contributed by atoms with Crippen LogP contribution in [0.25, 0.3) is 0 Å². The number of rotatable bonds is 3. The number of hydrogen-bond donors (Lipinski definition) is 0. The van der Waals surface area contributed by atoms with Crippen LogP contribution in [0.15, 0.2) is 52.5 Å². The summed E-state index contributed by atoms with van der Waals surface area (Å²) < 4.78 is 92.9. The Morgan fingerprint density at radius 2 is 1.77 bits per heavy atom. The molecule has 1 fully saturated rings. The van der Waals surface area contributed by atoms with Gasteiger partial charge in [-0.1, -0.05) is 5.16 Å². The average Bonchev–Trinajstić information content (AvgIpc) is 3.16. The van der Waals surface area contributed by atoms with E-state index in [-0.39, 0.29) is 31.4 Å². The third-order valence-electron chi connectivity index (χ3n) is 5.72. The number of fused-ring (bicyclic) bond motifs is 1. The van der Waals surface area contributed by atoms with Gasteiger partial charge in [-0.3, -0.25) is 0 Å². The molecule has 1 saturated carbocycles. The fourth-order valence-corrected chi connectivity index (χ4v) is 6.35. The van der Waals surface area contributed by atoms with Crippen molar-refractivity contribution in [2.75, 3.05) is 6.61 Å². The highest BCUT2D eigenvalue weighted by Crippen LogP contribution is 2.50. The second kappa shape index (κ2) is 7.04. The van der Waals surface area contributed by atoms with Crippen LogP contribution in [0.5, 0.6) is 0 Å². The Balaban J connectivity index is 1.87. The van der Waals surface area contributed by atoms with Crippen LogP contribution in [0.4, 0.5) is 22.0 Å². The molecule has 1 aliphatic carbocycles. The number of benzene rings is 2. The van der Waals surface area contributed by atoms with Crippen molar-refractivity contribution in [1.29, 1.82) is 0 Å². The van der Waals surface area contributed by atoms with E-state index in [2.05, 4.69) is 5.16 Å². The molecule has 160 valence electrons. The van der Waals surface area contributed by atoms with Crippen LogP contribution in [0, 0.1) is 17.6 Å². The summed E-state index contributed by atoms with van der Waals surface area (Å²) >= 11 is 0. The van der Waals surface area contributed by atoms with Crippen molar-refractivity contribution in [3.63, 3.8) is 0 Å². The number of oxime groups is 1. The van der Waals surface area contributed by atoms with E-state index in [1.54, 1.807) is 0 Å². The summed E-state index contributed by atoms with van der Waals surface area (Å²) in [6, 6.07) is 5.61. The van der Waals surface area contributed by atoms with Crippen molar-refractivity contribution in [3.05, 3.63) is 65.2 Å². The molecule has 1 heterocycles. The van der Waals surface area contributed by atoms with E-state index in [0.717, 1.165) is 30.3 Å². The normalized spacial score (nSPS) is 24.2. The van der Waals surface area contributed by atoms with Crippen LogP contribution in [0.2, 0.25) is 0 Å². The summed E-state index contributed by atoms with van der Waals surface area (Å²) in [7, 11) is -4.40. The number of alkyl halides is 3. The van der Waals surface area contributed by atoms with Crippen molar-refractivity contribution in [1.82, 2.24) is 0 Å². The molecular formula is C20H16F5NO3S. The Morgan fingerprint density at radius 3 is 2.43 bits per heavy atom. The van der Waals surface area contributed by atoms with E-state index in [1.165, 1.54) is 0 Å². The lowest BCUT2D eigenvalue weighted by atomic mass is 9.76. The van der Waals surface area contributed by atoms with E-state index < -0.39 is 48.8 Å². The van der Waals surface area contributed by atoms with Crippen LogP contribution in [-0.2, 0) is 25.6 Å². The van der Waals surface area contributed by atoms with Crippen molar-refractivity contribution in [2.45, 2.75) is 35.1 Å². The first kappa shape index (κ1) is 20.8. The Hall–Kier alpha value is -2.49. The lowest BCUT2D eigenvalue weighted by Gasteiger charge is -2.39. The predicted molar refractivity (Wildman–Crippen MR) is 97.4 cm³/mol. The van der Waals surface area contributed by atoms with E-state index in [9.17, 15) is 30.4 Å². The lowest BCUT2D eigenvalue weighted by Crippen LogP contribution is -2.44. The van der Waals surface area contributed by atoms with Crippen LogP contribution < -0.4 is 0 Å². The smallest absolute Gasteiger partial charge is 0.395 e. The topological polar surface area (TPSA) is 55.7 Å². The SMILES string of the molecule is O=S(=O)(c1ccc(C(F)(F)F)cc1)[C@@]1(c2cc(F)ccc2F)CCC2=NOCC2C1. The van der Waals surface area contributed by atoms with Crippen molar-refractivity contribution < 1.29 is 35.2 Å². The molecule has 0 N–H and O–H groups in total. The molecule has 2 aliphatic rings. The molecule has 2 aromatic carbocycles. The molecular weight excluding hydrogens is 429 g/mol. The second-order valence-electron chi connectivity index (χ2n) is 7.42. The molecule has 4 rings (SSSR count). The van der Waals surface area contributed by atoms with Gasteiger partial charge >= 0.3 is 6.18 Å². The highest BCUT2D eigenvalue weighted by molar-refractivity contribution is 7.92. The van der Waals surface area contributed by atoms with Gasteiger partial charge in [-0.25, -0.2) is 17.2 Å². The zero-order chi connectivity index (χ0) is 21.7. The molecule has 2 aromatic rings. The van der Waals surface area contributed by atoms with Crippen molar-refractivity contribution >= 4 is 15.5 Å². The molecule has 0 aromatic heterocycles. The molecule has 4 nitrogen and oxygen atoms in total. The number of halogens is 5. The fourth-order valence-electron chi connectivity index (χ4n) is 4.17. The van der Waals surface area contributed by atoms with Gasteiger partial charge in [-0.05, 0) is 61.7 Å². The summed E-state index contributed by atoms with van der Waals surface area (Å²) in [5.41, 5.74) is -0.701. The van der Waals surface area contributed by atoms with Crippen LogP contribution >= 0.6 is 0 Å². The molecule has 30 heavy (non-hydrogen) atoms. The summed E-state index contributed by atoms with van der Waals surface area (Å²) in [6.07, 6.45) is -4.67. The maximum atomic E-state index is 14.8. The summed E-state index contributed by atoms with van der Waals surface area (Å²) in [6.45, 7) is 0.108. The number of nitrogens with zero attached hydrogens (tertiary/aromatic N) is 1. The lowest BCUT2D eigenvalue weighted by molar-refractivity contribution is -0.137. The Kier molecular flexibility index (Phi) is 4.87. The van der Waals surface area contributed by atoms with Crippen LogP contribution in [0.1, 0.15) is 30.4 Å². The van der Waals surface area contributed by atoms with Gasteiger partial charge in [0.05, 0.1) is 16.2 Å². The van der Waals surface area contributed by atoms with E-state index in [4.69, 9.17) is 4.84 Å². The van der Waals surface area contributed by atoms with Gasteiger partial charge in [0.2, 0.25) is 0 Å². The van der Waals surface area contributed by atoms with Gasteiger partial charge in [0.25, 0.3) is 0 Å². The first-order chi connectivity index (χ1) is 14.0. The maximum Gasteiger partial charge on any atom is 0.416 e. The average molecular weight is 445 g/mol. The van der Waals surface area contributed by atoms with Gasteiger partial charge in [0.15, 0.2) is 9.84 Å². The first-order valence-corrected chi connectivity index (χ1v) is 10.6. The van der Waals surface area contributed by atoms with Gasteiger partial charge in [-0.15, -0.1) is 0 Å². The minimum atomic E-state index is -4.63. The monoisotopic (exact) mass is 445 g/mol.